The van der Waals surface area contributed by atoms with Crippen LogP contribution in [0.1, 0.15) is 48.1 Å². The van der Waals surface area contributed by atoms with E-state index in [0.717, 1.165) is 16.9 Å². The zero-order valence-electron chi connectivity index (χ0n) is 25.2. The number of nitriles is 1. The molecule has 0 saturated carbocycles. The van der Waals surface area contributed by atoms with Gasteiger partial charge in [0, 0.05) is 22.9 Å². The molecule has 2 aromatic heterocycles. The second-order valence-corrected chi connectivity index (χ2v) is 11.4. The molecule has 0 bridgehead atoms. The van der Waals surface area contributed by atoms with E-state index in [9.17, 15) is 23.2 Å². The summed E-state index contributed by atoms with van der Waals surface area (Å²) in [6, 6.07) is 19.6. The summed E-state index contributed by atoms with van der Waals surface area (Å²) in [5, 5.41) is 16.1. The molecule has 2 amide bonds. The van der Waals surface area contributed by atoms with Crippen molar-refractivity contribution in [3.63, 3.8) is 0 Å². The number of carbonyl (C=O) groups is 1. The van der Waals surface area contributed by atoms with Gasteiger partial charge in [-0.05, 0) is 66.8 Å². The first-order chi connectivity index (χ1) is 21.9. The summed E-state index contributed by atoms with van der Waals surface area (Å²) in [6.07, 6.45) is -2.07. The molecule has 0 radical (unpaired) electrons. The van der Waals surface area contributed by atoms with Gasteiger partial charge in [-0.15, -0.1) is 29.6 Å². The summed E-state index contributed by atoms with van der Waals surface area (Å²) < 4.78 is 44.6. The van der Waals surface area contributed by atoms with Crippen molar-refractivity contribution in [2.75, 3.05) is 0 Å². The van der Waals surface area contributed by atoms with E-state index in [-0.39, 0.29) is 11.7 Å². The summed E-state index contributed by atoms with van der Waals surface area (Å²) in [4.78, 5) is 25.8. The molecule has 13 heteroatoms. The van der Waals surface area contributed by atoms with Gasteiger partial charge in [-0.2, -0.15) is 10.3 Å². The van der Waals surface area contributed by atoms with E-state index >= 15 is 0 Å². The van der Waals surface area contributed by atoms with Crippen LogP contribution in [0.15, 0.2) is 88.4 Å². The van der Waals surface area contributed by atoms with Crippen molar-refractivity contribution >= 4 is 23.6 Å². The number of aromatic nitrogens is 4. The zero-order valence-corrected chi connectivity index (χ0v) is 26.0. The van der Waals surface area contributed by atoms with Crippen LogP contribution in [0.2, 0.25) is 0 Å². The van der Waals surface area contributed by atoms with E-state index in [2.05, 4.69) is 57.7 Å². The van der Waals surface area contributed by atoms with Crippen molar-refractivity contribution in [1.82, 2.24) is 19.3 Å². The number of hydrogen-bond acceptors (Lipinski definition) is 6. The Bertz CT molecular complexity index is 2000. The fraction of sp³-hybridized carbons (Fsp3) is 0.212. The number of nitrogens with zero attached hydrogens (tertiary/aromatic N) is 7. The van der Waals surface area contributed by atoms with Crippen LogP contribution in [-0.2, 0) is 0 Å². The number of aryl methyl sites for hydroxylation is 2. The summed E-state index contributed by atoms with van der Waals surface area (Å²) in [5.41, 5.74) is 5.97. The van der Waals surface area contributed by atoms with Gasteiger partial charge >= 0.3 is 12.4 Å². The Labute approximate surface area is 266 Å². The Morgan fingerprint density at radius 2 is 1.78 bits per heavy atom. The second-order valence-electron chi connectivity index (χ2n) is 10.6. The first-order valence-corrected chi connectivity index (χ1v) is 15.0. The number of halogens is 3. The zero-order chi connectivity index (χ0) is 33.0. The first-order valence-electron chi connectivity index (χ1n) is 14.1. The van der Waals surface area contributed by atoms with Crippen molar-refractivity contribution < 1.29 is 22.7 Å². The molecule has 0 aliphatic rings. The number of alkyl halides is 3. The molecule has 5 aromatic rings. The number of urea groups is 1. The van der Waals surface area contributed by atoms with E-state index < -0.39 is 18.3 Å². The third-order valence-corrected chi connectivity index (χ3v) is 7.96. The van der Waals surface area contributed by atoms with E-state index in [1.165, 1.54) is 58.4 Å². The summed E-state index contributed by atoms with van der Waals surface area (Å²) in [7, 11) is 0. The number of rotatable bonds is 7. The van der Waals surface area contributed by atoms with Gasteiger partial charge in [0.2, 0.25) is 0 Å². The maximum Gasteiger partial charge on any atom is 0.573 e. The molecule has 234 valence electrons. The Morgan fingerprint density at radius 1 is 1.07 bits per heavy atom. The average molecular weight is 644 g/mol. The molecule has 5 rings (SSSR count). The van der Waals surface area contributed by atoms with E-state index in [1.54, 1.807) is 24.3 Å². The highest BCUT2D eigenvalue weighted by Crippen LogP contribution is 2.28. The molecule has 0 aliphatic heterocycles. The molecule has 0 saturated heterocycles. The van der Waals surface area contributed by atoms with Crippen molar-refractivity contribution in [3.05, 3.63) is 106 Å². The molecule has 3 aromatic carbocycles. The Balaban J connectivity index is 1.31. The fourth-order valence-electron chi connectivity index (χ4n) is 4.98. The van der Waals surface area contributed by atoms with Crippen LogP contribution in [0.25, 0.3) is 22.8 Å². The van der Waals surface area contributed by atoms with Crippen molar-refractivity contribution in [1.29, 1.82) is 5.26 Å². The van der Waals surface area contributed by atoms with Crippen LogP contribution in [0.5, 0.6) is 5.75 Å². The normalized spacial score (nSPS) is 12.9. The lowest BCUT2D eigenvalue weighted by Crippen LogP contribution is -2.18. The lowest BCUT2D eigenvalue weighted by Gasteiger charge is -2.17. The standard InChI is InChI=1S/C33H28F3N7O2S/c1-20(2)29-21(3)6-5-7-28(29)43-22(4)18-46-32(43)40-31(44)38-17-25(16-37)23-8-10-24(11-9-23)30-39-19-42(41-30)26-12-14-27(15-13-26)45-33(34,35)36/h5-15,17-20,25H,1-4H3. The number of amides is 2. The van der Waals surface area contributed by atoms with Gasteiger partial charge in [-0.1, -0.05) is 50.2 Å². The maximum absolute atomic E-state index is 12.8. The van der Waals surface area contributed by atoms with Crippen LogP contribution in [-0.4, -0.2) is 37.9 Å². The number of ether oxygens (including phenoxy) is 1. The highest BCUT2D eigenvalue weighted by molar-refractivity contribution is 7.07. The minimum atomic E-state index is -4.78. The van der Waals surface area contributed by atoms with Crippen LogP contribution in [0.3, 0.4) is 0 Å². The minimum Gasteiger partial charge on any atom is -0.406 e. The topological polar surface area (TPSA) is 110 Å². The molecule has 0 fully saturated rings. The molecule has 2 heterocycles. The van der Waals surface area contributed by atoms with Crippen molar-refractivity contribution in [3.8, 4) is 34.6 Å². The van der Waals surface area contributed by atoms with E-state index in [0.29, 0.717) is 27.4 Å². The fourth-order valence-corrected chi connectivity index (χ4v) is 5.84. The Morgan fingerprint density at radius 3 is 2.43 bits per heavy atom. The molecule has 46 heavy (non-hydrogen) atoms. The molecular weight excluding hydrogens is 615 g/mol. The Kier molecular flexibility index (Phi) is 9.29. The monoisotopic (exact) mass is 643 g/mol. The van der Waals surface area contributed by atoms with Gasteiger partial charge in [0.05, 0.1) is 17.4 Å². The number of benzene rings is 3. The SMILES string of the molecule is Cc1cccc(-n2c(C)csc2=NC(=O)N=CC(C#N)c2ccc(-c3ncn(-c4ccc(OC(F)(F)F)cc4)n3)cc2)c1C(C)C. The highest BCUT2D eigenvalue weighted by Gasteiger charge is 2.31. The van der Waals surface area contributed by atoms with Gasteiger partial charge in [0.25, 0.3) is 0 Å². The minimum absolute atomic E-state index is 0.265. The Hall–Kier alpha value is -5.35. The number of thiazole rings is 1. The van der Waals surface area contributed by atoms with Gasteiger partial charge < -0.3 is 4.74 Å². The molecular formula is C33H28F3N7O2S. The molecule has 1 unspecified atom stereocenters. The maximum atomic E-state index is 12.8. The number of aliphatic imine (C=N–C) groups is 1. The summed E-state index contributed by atoms with van der Waals surface area (Å²) >= 11 is 1.34. The smallest absolute Gasteiger partial charge is 0.406 e. The first kappa shape index (κ1) is 32.1. The quantitative estimate of drug-likeness (QED) is 0.168. The van der Waals surface area contributed by atoms with Crippen LogP contribution < -0.4 is 9.54 Å². The van der Waals surface area contributed by atoms with Crippen LogP contribution >= 0.6 is 11.3 Å². The number of carbonyl (C=O) groups excluding carboxylic acids is 1. The van der Waals surface area contributed by atoms with Gasteiger partial charge in [-0.25, -0.2) is 19.5 Å². The van der Waals surface area contributed by atoms with Gasteiger partial charge in [0.1, 0.15) is 18.0 Å². The van der Waals surface area contributed by atoms with E-state index in [1.807, 2.05) is 29.0 Å². The highest BCUT2D eigenvalue weighted by atomic mass is 32.1. The second kappa shape index (κ2) is 13.3. The van der Waals surface area contributed by atoms with E-state index in [4.69, 9.17) is 0 Å². The largest absolute Gasteiger partial charge is 0.573 e. The molecule has 0 spiro atoms. The predicted octanol–water partition coefficient (Wildman–Crippen LogP) is 7.82. The van der Waals surface area contributed by atoms with Gasteiger partial charge in [-0.3, -0.25) is 4.57 Å². The summed E-state index contributed by atoms with van der Waals surface area (Å²) in [5.74, 6) is -0.517. The summed E-state index contributed by atoms with van der Waals surface area (Å²) in [6.45, 7) is 8.27. The predicted molar refractivity (Wildman–Crippen MR) is 168 cm³/mol. The van der Waals surface area contributed by atoms with Crippen molar-refractivity contribution in [2.24, 2.45) is 9.98 Å². The van der Waals surface area contributed by atoms with Crippen LogP contribution in [0, 0.1) is 25.2 Å². The van der Waals surface area contributed by atoms with Gasteiger partial charge in [0.15, 0.2) is 10.6 Å². The molecule has 9 nitrogen and oxygen atoms in total. The molecule has 1 atom stereocenters. The third kappa shape index (κ3) is 7.30. The van der Waals surface area contributed by atoms with Crippen molar-refractivity contribution in [2.45, 2.75) is 45.9 Å². The lowest BCUT2D eigenvalue weighted by molar-refractivity contribution is -0.274. The molecule has 0 N–H and O–H groups in total. The van der Waals surface area contributed by atoms with Crippen LogP contribution in [0.4, 0.5) is 18.0 Å². The molecule has 0 aliphatic carbocycles. The third-order valence-electron chi connectivity index (χ3n) is 7.02. The number of hydrogen-bond donors (Lipinski definition) is 0. The average Bonchev–Trinajstić information content (AvgIpc) is 3.64. The lowest BCUT2D eigenvalue weighted by atomic mass is 9.96.